The van der Waals surface area contributed by atoms with Crippen molar-refractivity contribution in [1.82, 2.24) is 9.80 Å². The van der Waals surface area contributed by atoms with Gasteiger partial charge in [0.2, 0.25) is 11.8 Å². The van der Waals surface area contributed by atoms with Crippen LogP contribution in [-0.2, 0) is 31.1 Å². The maximum atomic E-state index is 15.2. The van der Waals surface area contributed by atoms with E-state index >= 15 is 9.59 Å². The number of likely N-dealkylation sites (tertiary alicyclic amines) is 2. The number of aliphatic hydroxyl groups excluding tert-OH is 1. The van der Waals surface area contributed by atoms with Crippen molar-refractivity contribution in [2.45, 2.75) is 49.6 Å². The predicted octanol–water partition coefficient (Wildman–Crippen LogP) is 6.55. The third kappa shape index (κ3) is 5.98. The van der Waals surface area contributed by atoms with Gasteiger partial charge in [-0.15, -0.1) is 0 Å². The fraction of sp³-hybridized carbons (Fsp3) is 0.333. The van der Waals surface area contributed by atoms with Crippen molar-refractivity contribution in [1.29, 1.82) is 0 Å². The number of hydrogen-bond acceptors (Lipinski definition) is 7. The van der Waals surface area contributed by atoms with E-state index in [1.165, 1.54) is 5.56 Å². The van der Waals surface area contributed by atoms with Crippen molar-refractivity contribution in [2.24, 2.45) is 23.7 Å². The molecule has 4 aromatic carbocycles. The van der Waals surface area contributed by atoms with Gasteiger partial charge in [0.25, 0.3) is 0 Å². The van der Waals surface area contributed by atoms with Crippen molar-refractivity contribution < 1.29 is 29.0 Å². The highest BCUT2D eigenvalue weighted by Gasteiger charge is 2.66. The molecule has 2 saturated heterocycles. The van der Waals surface area contributed by atoms with Crippen LogP contribution in [0.25, 0.3) is 5.57 Å². The minimum atomic E-state index is -1.28. The van der Waals surface area contributed by atoms with E-state index in [0.29, 0.717) is 23.3 Å². The van der Waals surface area contributed by atoms with Crippen molar-refractivity contribution in [3.05, 3.63) is 155 Å². The fourth-order valence-corrected chi connectivity index (χ4v) is 10.7. The quantitative estimate of drug-likeness (QED) is 0.153. The number of carbonyl (C=O) groups excluding carboxylic acids is 4. The molecule has 284 valence electrons. The number of Topliss-reactive ketones (excluding diaryl/α,β-unsaturated/α-hetero) is 1. The molecule has 1 N–H and O–H groups in total. The van der Waals surface area contributed by atoms with Gasteiger partial charge in [-0.25, -0.2) is 0 Å². The number of piperidine rings is 1. The highest BCUT2D eigenvalue weighted by atomic mass is 16.5. The van der Waals surface area contributed by atoms with Gasteiger partial charge in [-0.3, -0.25) is 29.0 Å². The molecule has 0 unspecified atom stereocenters. The molecule has 8 heteroatoms. The third-order valence-corrected chi connectivity index (χ3v) is 13.2. The standard InChI is InChI=1S/C48H46N2O6/c51-26-27-56-36-18-16-33(17-19-36)44-37-20-21-38-43(47(55)50(46(38)54)35-22-24-49(25-23-35)30-31-10-4-1-5-11-31)40(37)28-41-45(53)39(32-12-6-2-7-13-32)29-42(52)48(41,44)34-14-8-3-9-15-34/h1-20,29,35,38,40-41,43-44,51H,21-28,30H2/t38-,40+,41-,43-,44-,48-/m0/s1. The van der Waals surface area contributed by atoms with Gasteiger partial charge in [-0.1, -0.05) is 115 Å². The average Bonchev–Trinajstić information content (AvgIpc) is 3.50. The largest absolute Gasteiger partial charge is 0.491 e. The normalized spacial score (nSPS) is 27.9. The van der Waals surface area contributed by atoms with Crippen LogP contribution in [0.4, 0.5) is 0 Å². The summed E-state index contributed by atoms with van der Waals surface area (Å²) in [5.74, 6) is -2.80. The molecule has 5 aliphatic rings. The van der Waals surface area contributed by atoms with Gasteiger partial charge in [-0.2, -0.15) is 0 Å². The second-order valence-corrected chi connectivity index (χ2v) is 16.0. The van der Waals surface area contributed by atoms with Gasteiger partial charge in [0.05, 0.1) is 23.9 Å². The summed E-state index contributed by atoms with van der Waals surface area (Å²) in [6.07, 6.45) is 5.81. The van der Waals surface area contributed by atoms with Crippen LogP contribution in [0.15, 0.2) is 133 Å². The van der Waals surface area contributed by atoms with Crippen molar-refractivity contribution in [3.8, 4) is 5.75 Å². The number of hydrogen-bond donors (Lipinski definition) is 1. The molecule has 0 radical (unpaired) electrons. The van der Waals surface area contributed by atoms with Gasteiger partial charge in [0.1, 0.15) is 12.4 Å². The van der Waals surface area contributed by atoms with Crippen LogP contribution in [-0.4, -0.2) is 70.6 Å². The van der Waals surface area contributed by atoms with E-state index in [-0.39, 0.29) is 49.1 Å². The fourth-order valence-electron chi connectivity index (χ4n) is 10.7. The maximum absolute atomic E-state index is 15.2. The van der Waals surface area contributed by atoms with E-state index in [1.807, 2.05) is 103 Å². The number of imide groups is 1. The minimum Gasteiger partial charge on any atom is -0.491 e. The summed E-state index contributed by atoms with van der Waals surface area (Å²) in [7, 11) is 0. The lowest BCUT2D eigenvalue weighted by Crippen LogP contribution is -2.58. The number of ketones is 2. The van der Waals surface area contributed by atoms with Gasteiger partial charge >= 0.3 is 0 Å². The molecule has 0 spiro atoms. The Morgan fingerprint density at radius 2 is 1.41 bits per heavy atom. The minimum absolute atomic E-state index is 0.102. The summed E-state index contributed by atoms with van der Waals surface area (Å²) in [6.45, 7) is 2.46. The van der Waals surface area contributed by atoms with Crippen LogP contribution in [0.3, 0.4) is 0 Å². The lowest BCUT2D eigenvalue weighted by Gasteiger charge is -2.55. The summed E-state index contributed by atoms with van der Waals surface area (Å²) < 4.78 is 5.72. The molecular weight excluding hydrogens is 701 g/mol. The van der Waals surface area contributed by atoms with E-state index in [2.05, 4.69) is 23.1 Å². The number of allylic oxidation sites excluding steroid dienone is 4. The first kappa shape index (κ1) is 36.2. The number of rotatable bonds is 9. The van der Waals surface area contributed by atoms with Gasteiger partial charge in [0.15, 0.2) is 11.6 Å². The van der Waals surface area contributed by atoms with Crippen LogP contribution in [0.1, 0.15) is 53.9 Å². The van der Waals surface area contributed by atoms with E-state index in [0.717, 1.165) is 49.2 Å². The summed E-state index contributed by atoms with van der Waals surface area (Å²) >= 11 is 0. The van der Waals surface area contributed by atoms with E-state index in [1.54, 1.807) is 11.0 Å². The Morgan fingerprint density at radius 1 is 0.750 bits per heavy atom. The molecule has 0 aromatic heterocycles. The summed E-state index contributed by atoms with van der Waals surface area (Å²) in [6, 6.07) is 36.8. The topological polar surface area (TPSA) is 104 Å². The maximum Gasteiger partial charge on any atom is 0.233 e. The molecule has 2 aliphatic heterocycles. The van der Waals surface area contributed by atoms with Crippen molar-refractivity contribution in [2.75, 3.05) is 26.3 Å². The molecule has 0 bridgehead atoms. The zero-order valence-corrected chi connectivity index (χ0v) is 31.3. The van der Waals surface area contributed by atoms with E-state index < -0.39 is 35.0 Å². The molecule has 56 heavy (non-hydrogen) atoms. The number of aliphatic hydroxyl groups is 1. The van der Waals surface area contributed by atoms with Gasteiger partial charge < -0.3 is 9.84 Å². The van der Waals surface area contributed by atoms with Crippen LogP contribution < -0.4 is 4.74 Å². The lowest BCUT2D eigenvalue weighted by atomic mass is 9.44. The highest BCUT2D eigenvalue weighted by molar-refractivity contribution is 6.31. The molecule has 8 nitrogen and oxygen atoms in total. The van der Waals surface area contributed by atoms with Crippen molar-refractivity contribution >= 4 is 29.0 Å². The molecule has 9 rings (SSSR count). The first-order chi connectivity index (χ1) is 27.4. The van der Waals surface area contributed by atoms with Gasteiger partial charge in [-0.05, 0) is 72.1 Å². The molecule has 1 saturated carbocycles. The number of nitrogens with zero attached hydrogens (tertiary/aromatic N) is 2. The Labute approximate surface area is 327 Å². The second kappa shape index (κ2) is 14.9. The monoisotopic (exact) mass is 746 g/mol. The SMILES string of the molecule is O=C1C(c2ccccc2)=CC(=O)[C@@]2(c3ccccc3)[C@@H](c3ccc(OCCO)cc3)C3=CC[C@@H]4C(=O)N(C5CCN(Cc6ccccc6)CC5)C(=O)[C@@H]4[C@@H]3C[C@@H]12. The average molecular weight is 747 g/mol. The number of carbonyl (C=O) groups is 4. The first-order valence-corrected chi connectivity index (χ1v) is 20.0. The predicted molar refractivity (Wildman–Crippen MR) is 212 cm³/mol. The van der Waals surface area contributed by atoms with Crippen LogP contribution >= 0.6 is 0 Å². The Bertz CT molecular complexity index is 2190. The Balaban J connectivity index is 1.12. The smallest absolute Gasteiger partial charge is 0.233 e. The number of fused-ring (bicyclic) bond motifs is 4. The third-order valence-electron chi connectivity index (χ3n) is 13.2. The lowest BCUT2D eigenvalue weighted by molar-refractivity contribution is -0.144. The van der Waals surface area contributed by atoms with E-state index in [4.69, 9.17) is 4.74 Å². The molecule has 4 aromatic rings. The van der Waals surface area contributed by atoms with Crippen LogP contribution in [0, 0.1) is 23.7 Å². The van der Waals surface area contributed by atoms with Crippen LogP contribution in [0.5, 0.6) is 5.75 Å². The van der Waals surface area contributed by atoms with Crippen molar-refractivity contribution in [3.63, 3.8) is 0 Å². The summed E-state index contributed by atoms with van der Waals surface area (Å²) in [5.41, 5.74) is 3.59. The van der Waals surface area contributed by atoms with E-state index in [9.17, 15) is 14.7 Å². The molecule has 2 heterocycles. The molecular formula is C48H46N2O6. The molecule has 3 aliphatic carbocycles. The molecule has 3 fully saturated rings. The zero-order chi connectivity index (χ0) is 38.4. The molecule has 6 atom stereocenters. The van der Waals surface area contributed by atoms with Crippen LogP contribution in [0.2, 0.25) is 0 Å². The number of benzene rings is 4. The number of ether oxygens (including phenoxy) is 1. The first-order valence-electron chi connectivity index (χ1n) is 20.0. The Hall–Kier alpha value is -5.44. The summed E-state index contributed by atoms with van der Waals surface area (Å²) in [5, 5.41) is 9.38. The second-order valence-electron chi connectivity index (χ2n) is 16.0. The highest BCUT2D eigenvalue weighted by Crippen LogP contribution is 2.63. The Kier molecular flexibility index (Phi) is 9.64. The molecule has 2 amide bonds. The van der Waals surface area contributed by atoms with Gasteiger partial charge in [0, 0.05) is 43.1 Å². The zero-order valence-electron chi connectivity index (χ0n) is 31.3. The Morgan fingerprint density at radius 3 is 2.09 bits per heavy atom. The number of amides is 2. The summed E-state index contributed by atoms with van der Waals surface area (Å²) in [4.78, 5) is 63.7.